The van der Waals surface area contributed by atoms with Crippen LogP contribution in [0.4, 0.5) is 13.2 Å². The maximum Gasteiger partial charge on any atom is 0.435 e. The quantitative estimate of drug-likeness (QED) is 0.0917. The Morgan fingerprint density at radius 2 is 1.68 bits per heavy atom. The first kappa shape index (κ1) is 37.6. The van der Waals surface area contributed by atoms with Crippen molar-refractivity contribution in [3.05, 3.63) is 71.1 Å². The van der Waals surface area contributed by atoms with Crippen LogP contribution >= 0.6 is 0 Å². The number of hydrogen-bond acceptors (Lipinski definition) is 11. The van der Waals surface area contributed by atoms with E-state index in [2.05, 4.69) is 10.4 Å². The molecule has 0 radical (unpaired) electrons. The number of carbonyl (C=O) groups excluding carboxylic acids is 3. The van der Waals surface area contributed by atoms with Crippen molar-refractivity contribution in [3.8, 4) is 16.9 Å². The predicted octanol–water partition coefficient (Wildman–Crippen LogP) is 4.42. The number of hydrazine groups is 1. The lowest BCUT2D eigenvalue weighted by atomic mass is 9.97. The number of alkyl halides is 3. The number of carbonyl (C=O) groups is 3. The zero-order valence-electron chi connectivity index (χ0n) is 27.6. The summed E-state index contributed by atoms with van der Waals surface area (Å²) in [6.45, 7) is 8.05. The molecule has 1 amide bonds. The zero-order valence-corrected chi connectivity index (χ0v) is 28.4. The van der Waals surface area contributed by atoms with Gasteiger partial charge in [-0.05, 0) is 58.0 Å². The molecule has 1 unspecified atom stereocenters. The number of aryl methyl sites for hydroxylation is 1. The average Bonchev–Trinajstić information content (AvgIpc) is 3.47. The van der Waals surface area contributed by atoms with Gasteiger partial charge in [0.25, 0.3) is 16.3 Å². The van der Waals surface area contributed by atoms with Gasteiger partial charge in [0, 0.05) is 18.9 Å². The van der Waals surface area contributed by atoms with E-state index in [4.69, 9.17) is 14.3 Å². The standard InChI is InChI=1S/C31H35F3N6O9S/c1-19-6-8-21(9-7-19)25-16-26(31(32,33)34)35-39(25)22-10-12-24(13-11-22)50(45,46)36-27(41)14-15-28(42)48-23-17-38(18-23)40(44)37-49-20(2)47-29(43)30(3,4)5/h6-13,16,20,23H,14-15,17-18H2,1-5H3,(H,36,41)/b40-37-. The summed E-state index contributed by atoms with van der Waals surface area (Å²) in [5.41, 5.74) is -0.299. The number of rotatable bonds is 12. The molecule has 0 spiro atoms. The van der Waals surface area contributed by atoms with Crippen LogP contribution in [0.5, 0.6) is 0 Å². The van der Waals surface area contributed by atoms with E-state index < -0.39 is 70.4 Å². The highest BCUT2D eigenvalue weighted by Crippen LogP contribution is 2.33. The van der Waals surface area contributed by atoms with Crippen molar-refractivity contribution in [3.63, 3.8) is 0 Å². The number of benzene rings is 2. The van der Waals surface area contributed by atoms with Crippen LogP contribution in [0.1, 0.15) is 51.8 Å². The minimum Gasteiger partial charge on any atom is -0.569 e. The SMILES string of the molecule is Cc1ccc(-c2cc(C(F)(F)F)nn2-c2ccc(S(=O)(=O)NC(=O)CCC(=O)OC3CN(/[N+]([O-])=N/OC(C)OC(=O)C(C)(C)C)C3)cc2)cc1. The fourth-order valence-corrected chi connectivity index (χ4v) is 5.29. The summed E-state index contributed by atoms with van der Waals surface area (Å²) in [5.74, 6) is -2.38. The van der Waals surface area contributed by atoms with Crippen molar-refractivity contribution in [2.24, 2.45) is 10.7 Å². The second-order valence-corrected chi connectivity index (χ2v) is 14.0. The molecule has 1 aromatic heterocycles. The second kappa shape index (κ2) is 14.7. The average molecular weight is 725 g/mol. The monoisotopic (exact) mass is 724 g/mol. The van der Waals surface area contributed by atoms with Crippen molar-refractivity contribution in [1.29, 1.82) is 0 Å². The zero-order chi connectivity index (χ0) is 37.0. The Bertz CT molecular complexity index is 1850. The lowest BCUT2D eigenvalue weighted by Gasteiger charge is -2.33. The van der Waals surface area contributed by atoms with E-state index in [0.717, 1.165) is 33.5 Å². The molecule has 2 aromatic carbocycles. The maximum absolute atomic E-state index is 13.5. The molecule has 0 aliphatic carbocycles. The van der Waals surface area contributed by atoms with Gasteiger partial charge in [-0.1, -0.05) is 29.8 Å². The van der Waals surface area contributed by atoms with Crippen molar-refractivity contribution < 1.29 is 55.3 Å². The van der Waals surface area contributed by atoms with E-state index in [9.17, 15) is 41.2 Å². The highest BCUT2D eigenvalue weighted by Gasteiger charge is 2.37. The third-order valence-electron chi connectivity index (χ3n) is 7.06. The molecule has 3 aromatic rings. The third kappa shape index (κ3) is 9.70. The lowest BCUT2D eigenvalue weighted by molar-refractivity contribution is -0.728. The number of nitrogens with zero attached hydrogens (tertiary/aromatic N) is 5. The van der Waals surface area contributed by atoms with Crippen molar-refractivity contribution >= 4 is 27.9 Å². The Hall–Kier alpha value is -5.20. The van der Waals surface area contributed by atoms with E-state index in [1.165, 1.54) is 19.1 Å². The fraction of sp³-hybridized carbons (Fsp3) is 0.419. The summed E-state index contributed by atoms with van der Waals surface area (Å²) in [5, 5.41) is 20.1. The number of nitrogens with one attached hydrogen (secondary N) is 1. The van der Waals surface area contributed by atoms with E-state index in [0.29, 0.717) is 5.56 Å². The number of hydrogen-bond donors (Lipinski definition) is 1. The molecule has 1 atom stereocenters. The predicted molar refractivity (Wildman–Crippen MR) is 167 cm³/mol. The summed E-state index contributed by atoms with van der Waals surface area (Å²) in [6, 6.07) is 12.3. The number of aromatic nitrogens is 2. The molecule has 0 bridgehead atoms. The lowest BCUT2D eigenvalue weighted by Crippen LogP contribution is -2.55. The molecule has 0 saturated carbocycles. The van der Waals surface area contributed by atoms with Crippen molar-refractivity contribution in [2.45, 2.75) is 70.9 Å². The molecule has 1 aliphatic heterocycles. The van der Waals surface area contributed by atoms with Gasteiger partial charge in [0.2, 0.25) is 11.2 Å². The van der Waals surface area contributed by atoms with Crippen LogP contribution in [0.15, 0.2) is 64.8 Å². The summed E-state index contributed by atoms with van der Waals surface area (Å²) >= 11 is 0. The van der Waals surface area contributed by atoms with Gasteiger partial charge in [0.1, 0.15) is 19.2 Å². The number of halogens is 3. The second-order valence-electron chi connectivity index (χ2n) is 12.4. The highest BCUT2D eigenvalue weighted by atomic mass is 32.2. The topological polar surface area (TPSA) is 185 Å². The van der Waals surface area contributed by atoms with Crippen LogP contribution in [0, 0.1) is 17.5 Å². The molecule has 270 valence electrons. The molecule has 2 heterocycles. The van der Waals surface area contributed by atoms with Gasteiger partial charge in [-0.3, -0.25) is 19.2 Å². The van der Waals surface area contributed by atoms with E-state index in [1.807, 2.05) is 11.6 Å². The molecule has 4 rings (SSSR count). The number of amides is 1. The van der Waals surface area contributed by atoms with E-state index in [1.54, 1.807) is 45.0 Å². The Balaban J connectivity index is 1.27. The number of ether oxygens (including phenoxy) is 2. The first-order valence-electron chi connectivity index (χ1n) is 15.1. The van der Waals surface area contributed by atoms with Crippen LogP contribution in [0.3, 0.4) is 0 Å². The van der Waals surface area contributed by atoms with Gasteiger partial charge in [-0.15, -0.1) is 5.01 Å². The van der Waals surface area contributed by atoms with Gasteiger partial charge in [-0.2, -0.15) is 18.3 Å². The summed E-state index contributed by atoms with van der Waals surface area (Å²) in [7, 11) is -4.41. The van der Waals surface area contributed by atoms with Crippen LogP contribution in [-0.4, -0.2) is 71.5 Å². The van der Waals surface area contributed by atoms with Gasteiger partial charge in [0.15, 0.2) is 5.69 Å². The Kier molecular flexibility index (Phi) is 11.1. The molecule has 1 fully saturated rings. The van der Waals surface area contributed by atoms with Crippen LogP contribution < -0.4 is 4.72 Å². The maximum atomic E-state index is 13.5. The minimum absolute atomic E-state index is 0.0443. The fourth-order valence-electron chi connectivity index (χ4n) is 4.27. The largest absolute Gasteiger partial charge is 0.569 e. The van der Waals surface area contributed by atoms with Crippen LogP contribution in [0.25, 0.3) is 16.9 Å². The molecular formula is C31H35F3N6O9S. The Morgan fingerprint density at radius 1 is 1.06 bits per heavy atom. The molecule has 19 heteroatoms. The summed E-state index contributed by atoms with van der Waals surface area (Å²) < 4.78 is 79.2. The van der Waals surface area contributed by atoms with Crippen molar-refractivity contribution in [2.75, 3.05) is 13.1 Å². The normalized spacial score (nSPS) is 14.8. The van der Waals surface area contributed by atoms with Crippen LogP contribution in [-0.2, 0) is 44.9 Å². The Labute approximate surface area is 285 Å². The van der Waals surface area contributed by atoms with Gasteiger partial charge in [0.05, 0.1) is 33.1 Å². The number of esters is 2. The summed E-state index contributed by atoms with van der Waals surface area (Å²) in [6.07, 6.45) is -7.56. The summed E-state index contributed by atoms with van der Waals surface area (Å²) in [4.78, 5) is 41.0. The molecule has 1 aliphatic rings. The molecule has 15 nitrogen and oxygen atoms in total. The van der Waals surface area contributed by atoms with Gasteiger partial charge < -0.3 is 14.7 Å². The first-order valence-corrected chi connectivity index (χ1v) is 16.6. The first-order chi connectivity index (χ1) is 23.2. The van der Waals surface area contributed by atoms with E-state index in [-0.39, 0.29) is 34.3 Å². The van der Waals surface area contributed by atoms with Crippen LogP contribution in [0.2, 0.25) is 0 Å². The number of sulfonamides is 1. The minimum atomic E-state index is -4.72. The highest BCUT2D eigenvalue weighted by molar-refractivity contribution is 7.90. The Morgan fingerprint density at radius 3 is 2.26 bits per heavy atom. The smallest absolute Gasteiger partial charge is 0.435 e. The van der Waals surface area contributed by atoms with Gasteiger partial charge in [-0.25, -0.2) is 17.8 Å². The molecular weight excluding hydrogens is 689 g/mol. The molecule has 1 N–H and O–H groups in total. The third-order valence-corrected chi connectivity index (χ3v) is 8.45. The van der Waals surface area contributed by atoms with E-state index >= 15 is 0 Å². The van der Waals surface area contributed by atoms with Gasteiger partial charge >= 0.3 is 18.1 Å². The molecule has 50 heavy (non-hydrogen) atoms. The molecule has 1 saturated heterocycles. The van der Waals surface area contributed by atoms with Crippen molar-refractivity contribution in [1.82, 2.24) is 19.5 Å².